The van der Waals surface area contributed by atoms with Crippen LogP contribution in [0.2, 0.25) is 0 Å². The molecule has 192 valence electrons. The molecule has 13 nitrogen and oxygen atoms in total. The van der Waals surface area contributed by atoms with Gasteiger partial charge < -0.3 is 36.2 Å². The molecule has 1 saturated heterocycles. The van der Waals surface area contributed by atoms with Gasteiger partial charge in [0.05, 0.1) is 13.0 Å². The molecule has 0 bridgehead atoms. The third kappa shape index (κ3) is 9.12. The minimum absolute atomic E-state index is 0.00564. The number of carbonyl (C=O) groups is 4. The van der Waals surface area contributed by atoms with Crippen LogP contribution in [0.3, 0.4) is 0 Å². The zero-order chi connectivity index (χ0) is 25.8. The zero-order valence-corrected chi connectivity index (χ0v) is 20.2. The Hall–Kier alpha value is -3.87. The van der Waals surface area contributed by atoms with Crippen LogP contribution in [0.5, 0.6) is 0 Å². The summed E-state index contributed by atoms with van der Waals surface area (Å²) in [5.41, 5.74) is 7.01. The van der Waals surface area contributed by atoms with Gasteiger partial charge in [0.2, 0.25) is 5.91 Å². The van der Waals surface area contributed by atoms with E-state index in [9.17, 15) is 19.2 Å². The number of nitrogens with one attached hydrogen (secondary N) is 3. The zero-order valence-electron chi connectivity index (χ0n) is 20.2. The molecule has 0 spiro atoms. The lowest BCUT2D eigenvalue weighted by Gasteiger charge is -2.18. The van der Waals surface area contributed by atoms with Crippen molar-refractivity contribution in [1.82, 2.24) is 20.9 Å². The van der Waals surface area contributed by atoms with Gasteiger partial charge in [-0.2, -0.15) is 0 Å². The Morgan fingerprint density at radius 1 is 1.17 bits per heavy atom. The molecule has 0 aromatic heterocycles. The molecule has 5 N–H and O–H groups in total. The Morgan fingerprint density at radius 3 is 2.54 bits per heavy atom. The van der Waals surface area contributed by atoms with E-state index in [1.165, 1.54) is 0 Å². The first-order valence-electron chi connectivity index (χ1n) is 11.3. The molecule has 1 aliphatic heterocycles. The topological polar surface area (TPSA) is 168 Å². The molecular formula is C22H33N7O6. The predicted molar refractivity (Wildman–Crippen MR) is 129 cm³/mol. The minimum Gasteiger partial charge on any atom is -0.466 e. The largest absolute Gasteiger partial charge is 0.466 e. The van der Waals surface area contributed by atoms with Gasteiger partial charge in [0, 0.05) is 37.4 Å². The summed E-state index contributed by atoms with van der Waals surface area (Å²) in [7, 11) is 3.76. The molecule has 0 saturated carbocycles. The SMILES string of the molecule is CCOC(=O)CCNC(=O)NC1CCN(c2ccc(C(N)=NOC(=O)NCCN(C)C)cc2)C1=O. The van der Waals surface area contributed by atoms with E-state index in [-0.39, 0.29) is 31.3 Å². The highest BCUT2D eigenvalue weighted by molar-refractivity contribution is 6.02. The van der Waals surface area contributed by atoms with Crippen LogP contribution in [-0.2, 0) is 19.2 Å². The van der Waals surface area contributed by atoms with E-state index in [1.807, 2.05) is 19.0 Å². The number of amidine groups is 1. The molecule has 4 amide bonds. The first-order valence-corrected chi connectivity index (χ1v) is 11.3. The van der Waals surface area contributed by atoms with Gasteiger partial charge in [0.1, 0.15) is 6.04 Å². The van der Waals surface area contributed by atoms with Crippen molar-refractivity contribution in [1.29, 1.82) is 0 Å². The van der Waals surface area contributed by atoms with E-state index in [0.29, 0.717) is 37.3 Å². The lowest BCUT2D eigenvalue weighted by molar-refractivity contribution is -0.142. The summed E-state index contributed by atoms with van der Waals surface area (Å²) in [4.78, 5) is 55.9. The number of nitrogens with zero attached hydrogens (tertiary/aromatic N) is 3. The molecule has 35 heavy (non-hydrogen) atoms. The van der Waals surface area contributed by atoms with E-state index < -0.39 is 24.1 Å². The molecule has 1 unspecified atom stereocenters. The number of oxime groups is 1. The Labute approximate surface area is 203 Å². The van der Waals surface area contributed by atoms with E-state index in [2.05, 4.69) is 21.1 Å². The van der Waals surface area contributed by atoms with Crippen molar-refractivity contribution in [3.05, 3.63) is 29.8 Å². The molecule has 1 atom stereocenters. The Balaban J connectivity index is 1.83. The highest BCUT2D eigenvalue weighted by atomic mass is 16.7. The normalized spacial score (nSPS) is 15.7. The van der Waals surface area contributed by atoms with Gasteiger partial charge in [-0.25, -0.2) is 9.59 Å². The predicted octanol–water partition coefficient (Wildman–Crippen LogP) is -0.0476. The van der Waals surface area contributed by atoms with Crippen LogP contribution in [-0.4, -0.2) is 87.7 Å². The maximum atomic E-state index is 12.7. The fourth-order valence-electron chi connectivity index (χ4n) is 3.16. The van der Waals surface area contributed by atoms with Crippen molar-refractivity contribution in [2.45, 2.75) is 25.8 Å². The number of urea groups is 1. The lowest BCUT2D eigenvalue weighted by Crippen LogP contribution is -2.46. The van der Waals surface area contributed by atoms with Crippen LogP contribution in [0.25, 0.3) is 0 Å². The van der Waals surface area contributed by atoms with Crippen LogP contribution < -0.4 is 26.6 Å². The molecule has 1 aromatic carbocycles. The Bertz CT molecular complexity index is 919. The number of rotatable bonds is 11. The lowest BCUT2D eigenvalue weighted by atomic mass is 10.2. The second-order valence-corrected chi connectivity index (χ2v) is 7.92. The molecule has 13 heteroatoms. The first kappa shape index (κ1) is 27.4. The standard InChI is InChI=1S/C22H33N7O6/c1-4-34-18(30)9-11-24-21(32)26-17-10-13-29(20(17)31)16-7-5-15(6-8-16)19(23)27-35-22(33)25-12-14-28(2)3/h5-8,17H,4,9-14H2,1-3H3,(H2,23,27)(H,25,33)(H2,24,26,32). The van der Waals surface area contributed by atoms with E-state index in [4.69, 9.17) is 15.3 Å². The number of nitrogens with two attached hydrogens (primary N) is 1. The maximum absolute atomic E-state index is 12.7. The maximum Gasteiger partial charge on any atom is 0.433 e. The summed E-state index contributed by atoms with van der Waals surface area (Å²) in [5.74, 6) is -0.649. The summed E-state index contributed by atoms with van der Waals surface area (Å²) < 4.78 is 4.79. The van der Waals surface area contributed by atoms with Crippen LogP contribution >= 0.6 is 0 Å². The molecule has 0 radical (unpaired) electrons. The molecule has 1 aromatic rings. The summed E-state index contributed by atoms with van der Waals surface area (Å²) in [6.45, 7) is 3.58. The Morgan fingerprint density at radius 2 is 1.89 bits per heavy atom. The van der Waals surface area contributed by atoms with Crippen LogP contribution in [0.1, 0.15) is 25.3 Å². The van der Waals surface area contributed by atoms with Gasteiger partial charge in [-0.15, -0.1) is 0 Å². The molecule has 0 aliphatic carbocycles. The van der Waals surface area contributed by atoms with Gasteiger partial charge in [-0.05, 0) is 51.7 Å². The third-order valence-electron chi connectivity index (χ3n) is 4.96. The van der Waals surface area contributed by atoms with E-state index >= 15 is 0 Å². The average molecular weight is 492 g/mol. The van der Waals surface area contributed by atoms with Crippen molar-refractivity contribution < 1.29 is 28.8 Å². The molecule has 1 heterocycles. The summed E-state index contributed by atoms with van der Waals surface area (Å²) >= 11 is 0. The van der Waals surface area contributed by atoms with Crippen molar-refractivity contribution >= 4 is 35.5 Å². The van der Waals surface area contributed by atoms with Gasteiger partial charge in [0.15, 0.2) is 5.84 Å². The minimum atomic E-state index is -0.711. The van der Waals surface area contributed by atoms with Crippen molar-refractivity contribution in [2.75, 3.05) is 51.8 Å². The second kappa shape index (κ2) is 13.7. The fourth-order valence-corrected chi connectivity index (χ4v) is 3.16. The van der Waals surface area contributed by atoms with Crippen molar-refractivity contribution in [3.8, 4) is 0 Å². The number of likely N-dealkylation sites (N-methyl/N-ethyl adjacent to an activating group) is 1. The average Bonchev–Trinajstić information content (AvgIpc) is 3.17. The molecule has 1 fully saturated rings. The second-order valence-electron chi connectivity index (χ2n) is 7.92. The summed E-state index contributed by atoms with van der Waals surface area (Å²) in [6, 6.07) is 5.47. The quantitative estimate of drug-likeness (QED) is 0.110. The van der Waals surface area contributed by atoms with Gasteiger partial charge in [-0.1, -0.05) is 5.16 Å². The van der Waals surface area contributed by atoms with Crippen LogP contribution in [0.4, 0.5) is 15.3 Å². The van der Waals surface area contributed by atoms with Crippen molar-refractivity contribution in [2.24, 2.45) is 10.9 Å². The number of carbonyl (C=O) groups excluding carboxylic acids is 4. The number of hydrogen-bond acceptors (Lipinski definition) is 8. The molecular weight excluding hydrogens is 458 g/mol. The van der Waals surface area contributed by atoms with Gasteiger partial charge in [0.25, 0.3) is 0 Å². The van der Waals surface area contributed by atoms with Crippen LogP contribution in [0, 0.1) is 0 Å². The highest BCUT2D eigenvalue weighted by Gasteiger charge is 2.33. The van der Waals surface area contributed by atoms with Crippen molar-refractivity contribution in [3.63, 3.8) is 0 Å². The number of benzene rings is 1. The summed E-state index contributed by atoms with van der Waals surface area (Å²) in [5, 5.41) is 11.3. The Kier molecular flexibility index (Phi) is 10.8. The molecule has 2 rings (SSSR count). The van der Waals surface area contributed by atoms with Crippen LogP contribution in [0.15, 0.2) is 29.4 Å². The smallest absolute Gasteiger partial charge is 0.433 e. The monoisotopic (exact) mass is 491 g/mol. The van der Waals surface area contributed by atoms with E-state index in [0.717, 1.165) is 0 Å². The highest BCUT2D eigenvalue weighted by Crippen LogP contribution is 2.22. The summed E-state index contributed by atoms with van der Waals surface area (Å²) in [6.07, 6.45) is -0.221. The number of hydrogen-bond donors (Lipinski definition) is 4. The third-order valence-corrected chi connectivity index (χ3v) is 4.96. The van der Waals surface area contributed by atoms with Gasteiger partial charge in [-0.3, -0.25) is 14.4 Å². The fraction of sp³-hybridized carbons (Fsp3) is 0.500. The number of esters is 1. The van der Waals surface area contributed by atoms with E-state index in [1.54, 1.807) is 36.1 Å². The first-order chi connectivity index (χ1) is 16.7. The molecule has 1 aliphatic rings. The number of ether oxygens (including phenoxy) is 1. The number of anilines is 1. The number of amides is 4. The van der Waals surface area contributed by atoms with Gasteiger partial charge >= 0.3 is 18.1 Å².